The largest absolute Gasteiger partial charge is 0.444 e. The maximum absolute atomic E-state index is 14.7. The Bertz CT molecular complexity index is 1810. The number of likely N-dealkylation sites (tertiary alicyclic amines) is 3. The van der Waals surface area contributed by atoms with E-state index in [4.69, 9.17) is 4.74 Å². The average Bonchev–Trinajstić information content (AvgIpc) is 3.81. The third kappa shape index (κ3) is 6.17. The van der Waals surface area contributed by atoms with Gasteiger partial charge in [-0.15, -0.1) is 0 Å². The molecule has 3 saturated heterocycles. The first-order chi connectivity index (χ1) is 23.8. The topological polar surface area (TPSA) is 105 Å². The van der Waals surface area contributed by atoms with E-state index >= 15 is 0 Å². The number of ether oxygens (including phenoxy) is 1. The van der Waals surface area contributed by atoms with Gasteiger partial charge in [-0.1, -0.05) is 0 Å². The van der Waals surface area contributed by atoms with Crippen LogP contribution in [0.4, 0.5) is 9.18 Å². The molecule has 2 aromatic heterocycles. The van der Waals surface area contributed by atoms with E-state index < -0.39 is 23.6 Å². The molecule has 0 N–H and O–H groups in total. The van der Waals surface area contributed by atoms with Crippen molar-refractivity contribution >= 4 is 34.6 Å². The Kier molecular flexibility index (Phi) is 8.97. The Hall–Kier alpha value is -4.28. The summed E-state index contributed by atoms with van der Waals surface area (Å²) < 4.78 is 22.2. The molecule has 0 radical (unpaired) electrons. The number of hydrogen-bond donors (Lipinski definition) is 0. The zero-order chi connectivity index (χ0) is 35.5. The van der Waals surface area contributed by atoms with E-state index in [-0.39, 0.29) is 53.1 Å². The molecular formula is C39H48FN5O5. The second-order valence-electron chi connectivity index (χ2n) is 15.8. The van der Waals surface area contributed by atoms with Crippen LogP contribution in [0.1, 0.15) is 107 Å². The minimum atomic E-state index is -0.650. The molecule has 5 atom stereocenters. The maximum atomic E-state index is 14.7. The summed E-state index contributed by atoms with van der Waals surface area (Å²) in [6, 6.07) is 5.60. The summed E-state index contributed by atoms with van der Waals surface area (Å²) in [5.74, 6) is -0.990. The Morgan fingerprint density at radius 2 is 1.62 bits per heavy atom. The van der Waals surface area contributed by atoms with Crippen molar-refractivity contribution in [2.24, 2.45) is 11.8 Å². The van der Waals surface area contributed by atoms with E-state index in [1.54, 1.807) is 40.2 Å². The number of ketones is 1. The molecule has 5 heterocycles. The molecule has 1 saturated carbocycles. The Labute approximate surface area is 292 Å². The van der Waals surface area contributed by atoms with Crippen molar-refractivity contribution < 1.29 is 28.3 Å². The minimum absolute atomic E-state index is 0.0262. The molecule has 2 bridgehead atoms. The highest BCUT2D eigenvalue weighted by Crippen LogP contribution is 2.44. The molecular weight excluding hydrogens is 637 g/mol. The van der Waals surface area contributed by atoms with Gasteiger partial charge in [0.2, 0.25) is 5.91 Å². The predicted molar refractivity (Wildman–Crippen MR) is 187 cm³/mol. The molecule has 1 aromatic carbocycles. The number of Topliss-reactive ketones (excluding diaryl/α,β-unsaturated/α-hetero) is 1. The number of fused-ring (bicyclic) bond motifs is 3. The van der Waals surface area contributed by atoms with Gasteiger partial charge in [-0.2, -0.15) is 0 Å². The fraction of sp³-hybridized carbons (Fsp3) is 0.564. The average molecular weight is 686 g/mol. The molecule has 0 unspecified atom stereocenters. The highest BCUT2D eigenvalue weighted by atomic mass is 19.1. The number of hydrogen-bond acceptors (Lipinski definition) is 6. The lowest BCUT2D eigenvalue weighted by Crippen LogP contribution is -2.56. The number of pyridine rings is 1. The molecule has 3 aliphatic heterocycles. The van der Waals surface area contributed by atoms with Gasteiger partial charge in [0.1, 0.15) is 17.5 Å². The zero-order valence-corrected chi connectivity index (χ0v) is 29.7. The molecule has 1 aliphatic carbocycles. The van der Waals surface area contributed by atoms with Crippen molar-refractivity contribution in [3.05, 3.63) is 59.8 Å². The third-order valence-electron chi connectivity index (χ3n) is 11.4. The van der Waals surface area contributed by atoms with Crippen LogP contribution in [0, 0.1) is 17.7 Å². The predicted octanol–water partition coefficient (Wildman–Crippen LogP) is 6.78. The van der Waals surface area contributed by atoms with Crippen molar-refractivity contribution in [3.8, 4) is 5.69 Å². The lowest BCUT2D eigenvalue weighted by Gasteiger charge is -2.39. The van der Waals surface area contributed by atoms with Gasteiger partial charge in [0, 0.05) is 60.5 Å². The highest BCUT2D eigenvalue weighted by molar-refractivity contribution is 6.10. The number of halogens is 1. The highest BCUT2D eigenvalue weighted by Gasteiger charge is 2.53. The summed E-state index contributed by atoms with van der Waals surface area (Å²) >= 11 is 0. The number of carbonyl (C=O) groups excluding carboxylic acids is 4. The second kappa shape index (κ2) is 13.1. The van der Waals surface area contributed by atoms with Crippen LogP contribution < -0.4 is 0 Å². The monoisotopic (exact) mass is 685 g/mol. The zero-order valence-electron chi connectivity index (χ0n) is 29.7. The molecule has 50 heavy (non-hydrogen) atoms. The third-order valence-corrected chi connectivity index (χ3v) is 11.4. The van der Waals surface area contributed by atoms with Gasteiger partial charge in [-0.25, -0.2) is 9.18 Å². The van der Waals surface area contributed by atoms with Gasteiger partial charge in [0.25, 0.3) is 5.91 Å². The van der Waals surface area contributed by atoms with Crippen LogP contribution in [0.25, 0.3) is 16.6 Å². The van der Waals surface area contributed by atoms with Crippen LogP contribution >= 0.6 is 0 Å². The van der Waals surface area contributed by atoms with E-state index in [1.807, 2.05) is 44.4 Å². The van der Waals surface area contributed by atoms with Crippen LogP contribution in [0.5, 0.6) is 0 Å². The van der Waals surface area contributed by atoms with Gasteiger partial charge in [-0.3, -0.25) is 24.3 Å². The number of benzene rings is 1. The Balaban J connectivity index is 1.11. The summed E-state index contributed by atoms with van der Waals surface area (Å²) in [5.41, 5.74) is 1.27. The standard InChI is InChI=1S/C39H48FN5O5/c1-23-7-6-8-24(2)44(23)36(47)30-20-27(40)10-12-32(30)43-22-31(29-13-16-41-21-33(29)43)35(46)25-14-17-42(18-15-25)37(48)34-26-9-11-28(19-26)45(34)38(49)50-39(3,4)5/h10,12-13,16,20-26,28,34H,6-9,11,14-15,17-19H2,1-5H3/t23-,24-,26+,28-,34+/m1/s1. The molecule has 7 rings (SSSR count). The number of amides is 3. The van der Waals surface area contributed by atoms with E-state index in [2.05, 4.69) is 4.98 Å². The van der Waals surface area contributed by atoms with E-state index in [1.165, 1.54) is 12.1 Å². The van der Waals surface area contributed by atoms with Gasteiger partial charge < -0.3 is 19.1 Å². The Morgan fingerprint density at radius 3 is 2.32 bits per heavy atom. The summed E-state index contributed by atoms with van der Waals surface area (Å²) in [6.07, 6.45) is 11.1. The molecule has 3 aromatic rings. The number of piperidine rings is 3. The summed E-state index contributed by atoms with van der Waals surface area (Å²) in [7, 11) is 0. The molecule has 266 valence electrons. The van der Waals surface area contributed by atoms with Gasteiger partial charge >= 0.3 is 6.09 Å². The lowest BCUT2D eigenvalue weighted by atomic mass is 9.88. The molecule has 0 spiro atoms. The molecule has 3 amide bonds. The molecule has 4 fully saturated rings. The quantitative estimate of drug-likeness (QED) is 0.275. The fourth-order valence-corrected chi connectivity index (χ4v) is 8.97. The lowest BCUT2D eigenvalue weighted by molar-refractivity contribution is -0.139. The number of carbonyl (C=O) groups is 4. The van der Waals surface area contributed by atoms with Crippen LogP contribution in [0.3, 0.4) is 0 Å². The normalized spacial score (nSPS) is 25.7. The van der Waals surface area contributed by atoms with E-state index in [9.17, 15) is 23.6 Å². The SMILES string of the molecule is C[C@@H]1CCC[C@@H](C)N1C(=O)c1cc(F)ccc1-n1cc(C(=O)C2CCN(C(=O)[C@@H]3[C@H]4CC[C@H](C4)N3C(=O)OC(C)(C)C)CC2)c2ccncc21. The number of rotatable bonds is 5. The van der Waals surface area contributed by atoms with Crippen LogP contribution in [0.15, 0.2) is 42.9 Å². The smallest absolute Gasteiger partial charge is 0.411 e. The minimum Gasteiger partial charge on any atom is -0.444 e. The summed E-state index contributed by atoms with van der Waals surface area (Å²) in [5, 5.41) is 0.709. The van der Waals surface area contributed by atoms with Crippen molar-refractivity contribution in [2.75, 3.05) is 13.1 Å². The van der Waals surface area contributed by atoms with Crippen molar-refractivity contribution in [3.63, 3.8) is 0 Å². The molecule has 10 nitrogen and oxygen atoms in total. The van der Waals surface area contributed by atoms with Gasteiger partial charge in [0.05, 0.1) is 23.0 Å². The van der Waals surface area contributed by atoms with Gasteiger partial charge in [0.15, 0.2) is 5.78 Å². The Morgan fingerprint density at radius 1 is 0.900 bits per heavy atom. The van der Waals surface area contributed by atoms with Crippen molar-refractivity contribution in [1.29, 1.82) is 0 Å². The van der Waals surface area contributed by atoms with Crippen molar-refractivity contribution in [1.82, 2.24) is 24.3 Å². The second-order valence-corrected chi connectivity index (χ2v) is 15.8. The fourth-order valence-electron chi connectivity index (χ4n) is 8.97. The molecule has 4 aliphatic rings. The van der Waals surface area contributed by atoms with E-state index in [0.29, 0.717) is 48.1 Å². The van der Waals surface area contributed by atoms with Crippen LogP contribution in [-0.2, 0) is 9.53 Å². The van der Waals surface area contributed by atoms with E-state index in [0.717, 1.165) is 38.5 Å². The molecule has 11 heteroatoms. The summed E-state index contributed by atoms with van der Waals surface area (Å²) in [4.78, 5) is 65.1. The first kappa shape index (κ1) is 34.2. The maximum Gasteiger partial charge on any atom is 0.411 e. The summed E-state index contributed by atoms with van der Waals surface area (Å²) in [6.45, 7) is 10.4. The van der Waals surface area contributed by atoms with Crippen LogP contribution in [-0.4, -0.2) is 90.8 Å². The van der Waals surface area contributed by atoms with Crippen LogP contribution in [0.2, 0.25) is 0 Å². The first-order valence-electron chi connectivity index (χ1n) is 18.2. The first-order valence-corrected chi connectivity index (χ1v) is 18.2. The van der Waals surface area contributed by atoms with Gasteiger partial charge in [-0.05, 0) is 116 Å². The number of nitrogens with zero attached hydrogens (tertiary/aromatic N) is 5. The number of aromatic nitrogens is 2. The van der Waals surface area contributed by atoms with Crippen molar-refractivity contribution in [2.45, 2.75) is 116 Å².